The molecule has 114 valence electrons. The van der Waals surface area contributed by atoms with Gasteiger partial charge in [0.15, 0.2) is 0 Å². The summed E-state index contributed by atoms with van der Waals surface area (Å²) in [5.74, 6) is 0.757. The van der Waals surface area contributed by atoms with Crippen molar-refractivity contribution in [2.45, 2.75) is 25.3 Å². The van der Waals surface area contributed by atoms with Crippen LogP contribution in [0.3, 0.4) is 0 Å². The van der Waals surface area contributed by atoms with Gasteiger partial charge in [-0.2, -0.15) is 0 Å². The third kappa shape index (κ3) is 4.15. The fourth-order valence-electron chi connectivity index (χ4n) is 2.04. The van der Waals surface area contributed by atoms with Crippen LogP contribution >= 0.6 is 23.1 Å². The summed E-state index contributed by atoms with van der Waals surface area (Å²) >= 11 is 3.24. The lowest BCUT2D eigenvalue weighted by Gasteiger charge is -2.19. The number of nitrogens with zero attached hydrogens (tertiary/aromatic N) is 3. The fraction of sp³-hybridized carbons (Fsp3) is 0.500. The molecule has 0 saturated heterocycles. The first-order valence-corrected chi connectivity index (χ1v) is 8.68. The molecule has 1 N–H and O–H groups in total. The molecule has 7 heteroatoms. The molecule has 0 aliphatic rings. The minimum absolute atomic E-state index is 0.00738. The number of aliphatic hydroxyl groups is 1. The molecule has 0 radical (unpaired) electrons. The number of aromatic nitrogens is 2. The summed E-state index contributed by atoms with van der Waals surface area (Å²) in [7, 11) is 0. The number of amides is 1. The maximum Gasteiger partial charge on any atom is 0.223 e. The van der Waals surface area contributed by atoms with E-state index in [4.69, 9.17) is 5.11 Å². The Kier molecular flexibility index (Phi) is 5.96. The largest absolute Gasteiger partial charge is 0.395 e. The van der Waals surface area contributed by atoms with Crippen molar-refractivity contribution in [3.63, 3.8) is 0 Å². The van der Waals surface area contributed by atoms with Crippen LogP contribution in [0.1, 0.15) is 18.2 Å². The first kappa shape index (κ1) is 16.2. The normalized spacial score (nSPS) is 11.0. The van der Waals surface area contributed by atoms with Gasteiger partial charge in [0.1, 0.15) is 16.2 Å². The van der Waals surface area contributed by atoms with Crippen molar-refractivity contribution in [2.24, 2.45) is 0 Å². The van der Waals surface area contributed by atoms with Crippen LogP contribution in [0, 0.1) is 6.92 Å². The molecule has 21 heavy (non-hydrogen) atoms. The maximum atomic E-state index is 12.0. The number of carbonyl (C=O) groups excluding carboxylic acids is 1. The predicted molar refractivity (Wildman–Crippen MR) is 86.8 cm³/mol. The number of carbonyl (C=O) groups is 1. The van der Waals surface area contributed by atoms with Crippen molar-refractivity contribution in [3.05, 3.63) is 17.3 Å². The minimum Gasteiger partial charge on any atom is -0.395 e. The first-order chi connectivity index (χ1) is 10.2. The van der Waals surface area contributed by atoms with Crippen LogP contribution in [-0.2, 0) is 4.79 Å². The second-order valence-corrected chi connectivity index (χ2v) is 6.87. The van der Waals surface area contributed by atoms with Crippen molar-refractivity contribution in [3.8, 4) is 0 Å². The summed E-state index contributed by atoms with van der Waals surface area (Å²) in [6.07, 6.45) is 2.03. The zero-order valence-corrected chi connectivity index (χ0v) is 13.8. The predicted octanol–water partition coefficient (Wildman–Crippen LogP) is 2.32. The summed E-state index contributed by atoms with van der Waals surface area (Å²) in [4.78, 5) is 24.4. The zero-order valence-electron chi connectivity index (χ0n) is 12.2. The van der Waals surface area contributed by atoms with E-state index < -0.39 is 0 Å². The highest BCUT2D eigenvalue weighted by atomic mass is 32.2. The van der Waals surface area contributed by atoms with Crippen molar-refractivity contribution in [1.29, 1.82) is 0 Å². The van der Waals surface area contributed by atoms with E-state index in [9.17, 15) is 4.79 Å². The van der Waals surface area contributed by atoms with Gasteiger partial charge in [-0.3, -0.25) is 4.79 Å². The monoisotopic (exact) mass is 325 g/mol. The van der Waals surface area contributed by atoms with E-state index in [2.05, 4.69) is 23.0 Å². The van der Waals surface area contributed by atoms with Crippen LogP contribution in [0.4, 0.5) is 0 Å². The van der Waals surface area contributed by atoms with Gasteiger partial charge in [-0.1, -0.05) is 0 Å². The Bertz CT molecular complexity index is 615. The molecule has 0 aliphatic heterocycles. The van der Waals surface area contributed by atoms with Crippen LogP contribution in [0.2, 0.25) is 0 Å². The van der Waals surface area contributed by atoms with E-state index in [1.165, 1.54) is 4.88 Å². The van der Waals surface area contributed by atoms with Crippen LogP contribution in [-0.4, -0.2) is 51.3 Å². The van der Waals surface area contributed by atoms with Crippen LogP contribution < -0.4 is 0 Å². The summed E-state index contributed by atoms with van der Waals surface area (Å²) < 4.78 is 0. The first-order valence-electron chi connectivity index (χ1n) is 6.88. The number of hydrogen-bond donors (Lipinski definition) is 1. The molecule has 5 nitrogen and oxygen atoms in total. The molecular weight excluding hydrogens is 306 g/mol. The van der Waals surface area contributed by atoms with Gasteiger partial charge < -0.3 is 10.0 Å². The van der Waals surface area contributed by atoms with Gasteiger partial charge in [-0.05, 0) is 19.9 Å². The lowest BCUT2D eigenvalue weighted by molar-refractivity contribution is -0.131. The number of rotatable bonds is 7. The van der Waals surface area contributed by atoms with Crippen LogP contribution in [0.15, 0.2) is 17.4 Å². The van der Waals surface area contributed by atoms with Crippen LogP contribution in [0.5, 0.6) is 0 Å². The zero-order chi connectivity index (χ0) is 15.2. The lowest BCUT2D eigenvalue weighted by atomic mass is 10.4. The van der Waals surface area contributed by atoms with E-state index in [1.54, 1.807) is 34.3 Å². The molecular formula is C14H19N3O2S2. The van der Waals surface area contributed by atoms with Gasteiger partial charge in [0.25, 0.3) is 0 Å². The summed E-state index contributed by atoms with van der Waals surface area (Å²) in [5, 5.41) is 10.9. The van der Waals surface area contributed by atoms with Gasteiger partial charge in [0, 0.05) is 35.5 Å². The molecule has 0 fully saturated rings. The van der Waals surface area contributed by atoms with E-state index in [1.807, 2.05) is 6.92 Å². The Balaban J connectivity index is 1.94. The molecule has 1 amide bonds. The highest BCUT2D eigenvalue weighted by molar-refractivity contribution is 7.99. The highest BCUT2D eigenvalue weighted by Crippen LogP contribution is 2.30. The summed E-state index contributed by atoms with van der Waals surface area (Å²) in [6.45, 7) is 5.02. The Hall–Kier alpha value is -1.18. The van der Waals surface area contributed by atoms with Crippen LogP contribution in [0.25, 0.3) is 10.2 Å². The molecule has 2 heterocycles. The molecule has 2 aromatic rings. The number of thioether (sulfide) groups is 1. The number of fused-ring (bicyclic) bond motifs is 1. The standard InChI is InChI=1S/C14H19N3O2S2/c1-3-17(5-6-18)12(19)4-7-20-13-11-8-10(2)21-14(11)16-9-15-13/h8-9,18H,3-7H2,1-2H3. The third-order valence-corrected chi connectivity index (χ3v) is 5.04. The Morgan fingerprint density at radius 2 is 2.29 bits per heavy atom. The molecule has 2 aromatic heterocycles. The number of aliphatic hydroxyl groups excluding tert-OH is 1. The summed E-state index contributed by atoms with van der Waals surface area (Å²) in [6, 6.07) is 2.09. The highest BCUT2D eigenvalue weighted by Gasteiger charge is 2.12. The van der Waals surface area contributed by atoms with E-state index in [0.29, 0.717) is 25.3 Å². The van der Waals surface area contributed by atoms with Gasteiger partial charge >= 0.3 is 0 Å². The quantitative estimate of drug-likeness (QED) is 0.625. The fourth-order valence-corrected chi connectivity index (χ4v) is 3.86. The SMILES string of the molecule is CCN(CCO)C(=O)CCSc1ncnc2sc(C)cc12. The second-order valence-electron chi connectivity index (χ2n) is 4.55. The minimum atomic E-state index is 0.00738. The number of thiophene rings is 1. The van der Waals surface area contributed by atoms with Gasteiger partial charge in [-0.25, -0.2) is 9.97 Å². The van der Waals surface area contributed by atoms with E-state index in [0.717, 1.165) is 15.2 Å². The molecule has 0 atom stereocenters. The maximum absolute atomic E-state index is 12.0. The third-order valence-electron chi connectivity index (χ3n) is 3.08. The molecule has 0 spiro atoms. The number of hydrogen-bond acceptors (Lipinski definition) is 6. The Labute approximate surface area is 132 Å². The van der Waals surface area contributed by atoms with E-state index >= 15 is 0 Å². The van der Waals surface area contributed by atoms with Crippen molar-refractivity contribution >= 4 is 39.2 Å². The number of likely N-dealkylation sites (N-methyl/N-ethyl adjacent to an activating group) is 1. The second kappa shape index (κ2) is 7.72. The lowest BCUT2D eigenvalue weighted by Crippen LogP contribution is -2.33. The van der Waals surface area contributed by atoms with E-state index in [-0.39, 0.29) is 12.5 Å². The molecule has 0 saturated carbocycles. The molecule has 2 rings (SSSR count). The molecule has 0 aliphatic carbocycles. The number of aryl methyl sites for hydroxylation is 1. The van der Waals surface area contributed by atoms with Gasteiger partial charge in [0.05, 0.1) is 6.61 Å². The molecule has 0 unspecified atom stereocenters. The van der Waals surface area contributed by atoms with Gasteiger partial charge in [-0.15, -0.1) is 23.1 Å². The average Bonchev–Trinajstić information content (AvgIpc) is 2.85. The molecule has 0 aromatic carbocycles. The average molecular weight is 325 g/mol. The van der Waals surface area contributed by atoms with Gasteiger partial charge in [0.2, 0.25) is 5.91 Å². The Morgan fingerprint density at radius 3 is 3.00 bits per heavy atom. The topological polar surface area (TPSA) is 66.3 Å². The summed E-state index contributed by atoms with van der Waals surface area (Å²) in [5.41, 5.74) is 0. The smallest absolute Gasteiger partial charge is 0.223 e. The van der Waals surface area contributed by atoms with Crippen molar-refractivity contribution < 1.29 is 9.90 Å². The Morgan fingerprint density at radius 1 is 1.48 bits per heavy atom. The van der Waals surface area contributed by atoms with Crippen molar-refractivity contribution in [1.82, 2.24) is 14.9 Å². The molecule has 0 bridgehead atoms. The van der Waals surface area contributed by atoms with Crippen molar-refractivity contribution in [2.75, 3.05) is 25.4 Å².